The van der Waals surface area contributed by atoms with E-state index in [1.165, 1.54) is 7.11 Å². The molecule has 19 heavy (non-hydrogen) atoms. The van der Waals surface area contributed by atoms with Gasteiger partial charge in [0, 0.05) is 12.4 Å². The molecule has 2 N–H and O–H groups in total. The van der Waals surface area contributed by atoms with E-state index >= 15 is 0 Å². The summed E-state index contributed by atoms with van der Waals surface area (Å²) < 4.78 is 11.9. The third-order valence-corrected chi connectivity index (χ3v) is 2.58. The number of nitrogens with zero attached hydrogens (tertiary/aromatic N) is 2. The fourth-order valence-electron chi connectivity index (χ4n) is 1.59. The summed E-state index contributed by atoms with van der Waals surface area (Å²) in [6, 6.07) is 6.59. The van der Waals surface area contributed by atoms with E-state index in [2.05, 4.69) is 5.10 Å². The SMILES string of the molecule is COc1cc(C(=O)OCCn2cccn2)ccc1N. The highest BCUT2D eigenvalue weighted by Crippen LogP contribution is 2.22. The van der Waals surface area contributed by atoms with Crippen LogP contribution in [0.15, 0.2) is 36.7 Å². The van der Waals surface area contributed by atoms with Crippen LogP contribution in [0.3, 0.4) is 0 Å². The Bertz CT molecular complexity index is 552. The second-order valence-electron chi connectivity index (χ2n) is 3.86. The maximum atomic E-state index is 11.8. The molecule has 0 saturated carbocycles. The molecule has 0 radical (unpaired) electrons. The number of aromatic nitrogens is 2. The lowest BCUT2D eigenvalue weighted by Gasteiger charge is -2.08. The van der Waals surface area contributed by atoms with Crippen molar-refractivity contribution < 1.29 is 14.3 Å². The number of nitrogens with two attached hydrogens (primary N) is 1. The van der Waals surface area contributed by atoms with Gasteiger partial charge in [-0.05, 0) is 24.3 Å². The lowest BCUT2D eigenvalue weighted by Crippen LogP contribution is -2.12. The van der Waals surface area contributed by atoms with Crippen molar-refractivity contribution >= 4 is 11.7 Å². The Morgan fingerprint density at radius 1 is 1.47 bits per heavy atom. The second kappa shape index (κ2) is 5.90. The van der Waals surface area contributed by atoms with E-state index in [9.17, 15) is 4.79 Å². The van der Waals surface area contributed by atoms with E-state index < -0.39 is 5.97 Å². The molecule has 0 spiro atoms. The van der Waals surface area contributed by atoms with Crippen LogP contribution in [-0.2, 0) is 11.3 Å². The van der Waals surface area contributed by atoms with Gasteiger partial charge in [0.05, 0.1) is 24.9 Å². The number of anilines is 1. The fourth-order valence-corrected chi connectivity index (χ4v) is 1.59. The summed E-state index contributed by atoms with van der Waals surface area (Å²) in [4.78, 5) is 11.8. The summed E-state index contributed by atoms with van der Waals surface area (Å²) in [5.41, 5.74) is 6.57. The largest absolute Gasteiger partial charge is 0.495 e. The van der Waals surface area contributed by atoms with E-state index in [1.54, 1.807) is 35.3 Å². The summed E-state index contributed by atoms with van der Waals surface area (Å²) in [6.45, 7) is 0.776. The first-order chi connectivity index (χ1) is 9.20. The molecule has 0 unspecified atom stereocenters. The molecular formula is C13H15N3O3. The quantitative estimate of drug-likeness (QED) is 0.649. The molecule has 1 heterocycles. The highest BCUT2D eigenvalue weighted by Gasteiger charge is 2.10. The monoisotopic (exact) mass is 261 g/mol. The smallest absolute Gasteiger partial charge is 0.338 e. The zero-order valence-corrected chi connectivity index (χ0v) is 10.6. The topological polar surface area (TPSA) is 79.4 Å². The minimum atomic E-state index is -0.412. The summed E-state index contributed by atoms with van der Waals surface area (Å²) in [5, 5.41) is 4.01. The maximum absolute atomic E-state index is 11.8. The number of nitrogen functional groups attached to an aromatic ring is 1. The highest BCUT2D eigenvalue weighted by atomic mass is 16.5. The van der Waals surface area contributed by atoms with Crippen LogP contribution < -0.4 is 10.5 Å². The van der Waals surface area contributed by atoms with Crippen molar-refractivity contribution in [2.45, 2.75) is 6.54 Å². The Hall–Kier alpha value is -2.50. The van der Waals surface area contributed by atoms with Gasteiger partial charge in [0.15, 0.2) is 0 Å². The molecule has 0 amide bonds. The fraction of sp³-hybridized carbons (Fsp3) is 0.231. The van der Waals surface area contributed by atoms with Gasteiger partial charge < -0.3 is 15.2 Å². The molecule has 0 aliphatic carbocycles. The van der Waals surface area contributed by atoms with Gasteiger partial charge in [-0.1, -0.05) is 0 Å². The molecule has 1 aromatic carbocycles. The molecule has 2 rings (SSSR count). The number of esters is 1. The van der Waals surface area contributed by atoms with Crippen LogP contribution in [0, 0.1) is 0 Å². The van der Waals surface area contributed by atoms with Gasteiger partial charge in [-0.3, -0.25) is 4.68 Å². The zero-order valence-electron chi connectivity index (χ0n) is 10.6. The van der Waals surface area contributed by atoms with Crippen LogP contribution in [0.5, 0.6) is 5.75 Å². The molecular weight excluding hydrogens is 246 g/mol. The van der Waals surface area contributed by atoms with E-state index in [4.69, 9.17) is 15.2 Å². The van der Waals surface area contributed by atoms with Crippen molar-refractivity contribution in [1.82, 2.24) is 9.78 Å². The van der Waals surface area contributed by atoms with Crippen molar-refractivity contribution in [2.75, 3.05) is 19.5 Å². The number of hydrogen-bond acceptors (Lipinski definition) is 5. The number of rotatable bonds is 5. The standard InChI is InChI=1S/C13H15N3O3/c1-18-12-9-10(3-4-11(12)14)13(17)19-8-7-16-6-2-5-15-16/h2-6,9H,7-8,14H2,1H3. The molecule has 6 heteroatoms. The average Bonchev–Trinajstić information content (AvgIpc) is 2.92. The van der Waals surface area contributed by atoms with Crippen LogP contribution in [0.4, 0.5) is 5.69 Å². The first kappa shape index (κ1) is 12.9. The van der Waals surface area contributed by atoms with E-state index in [1.807, 2.05) is 6.07 Å². The van der Waals surface area contributed by atoms with Crippen molar-refractivity contribution in [3.8, 4) is 5.75 Å². The molecule has 0 aliphatic rings. The molecule has 0 saturated heterocycles. The Morgan fingerprint density at radius 3 is 3.00 bits per heavy atom. The Labute approximate surface area is 110 Å². The second-order valence-corrected chi connectivity index (χ2v) is 3.86. The predicted octanol–water partition coefficient (Wildman–Crippen LogP) is 1.33. The summed E-state index contributed by atoms with van der Waals surface area (Å²) in [7, 11) is 1.50. The van der Waals surface area contributed by atoms with Gasteiger partial charge in [0.25, 0.3) is 0 Å². The third-order valence-electron chi connectivity index (χ3n) is 2.58. The highest BCUT2D eigenvalue weighted by molar-refractivity contribution is 5.90. The number of hydrogen-bond donors (Lipinski definition) is 1. The molecule has 100 valence electrons. The number of carbonyl (C=O) groups excluding carboxylic acids is 1. The first-order valence-electron chi connectivity index (χ1n) is 5.79. The van der Waals surface area contributed by atoms with Gasteiger partial charge in [-0.2, -0.15) is 5.10 Å². The third kappa shape index (κ3) is 3.25. The Morgan fingerprint density at radius 2 is 2.32 bits per heavy atom. The van der Waals surface area contributed by atoms with Crippen molar-refractivity contribution in [2.24, 2.45) is 0 Å². The minimum Gasteiger partial charge on any atom is -0.495 e. The number of methoxy groups -OCH3 is 1. The van der Waals surface area contributed by atoms with Gasteiger partial charge in [0.1, 0.15) is 12.4 Å². The molecule has 0 bridgehead atoms. The van der Waals surface area contributed by atoms with Gasteiger partial charge >= 0.3 is 5.97 Å². The van der Waals surface area contributed by atoms with Crippen LogP contribution >= 0.6 is 0 Å². The van der Waals surface area contributed by atoms with Crippen molar-refractivity contribution in [3.63, 3.8) is 0 Å². The van der Waals surface area contributed by atoms with Crippen molar-refractivity contribution in [1.29, 1.82) is 0 Å². The van der Waals surface area contributed by atoms with Crippen LogP contribution in [-0.4, -0.2) is 29.5 Å². The molecule has 0 fully saturated rings. The lowest BCUT2D eigenvalue weighted by atomic mass is 10.2. The lowest BCUT2D eigenvalue weighted by molar-refractivity contribution is 0.0487. The summed E-state index contributed by atoms with van der Waals surface area (Å²) in [5.74, 6) is 0.0481. The van der Waals surface area contributed by atoms with Gasteiger partial charge in [0.2, 0.25) is 0 Å². The summed E-state index contributed by atoms with van der Waals surface area (Å²) >= 11 is 0. The minimum absolute atomic E-state index is 0.257. The van der Waals surface area contributed by atoms with E-state index in [0.29, 0.717) is 23.5 Å². The molecule has 0 atom stereocenters. The number of carbonyl (C=O) groups is 1. The van der Waals surface area contributed by atoms with E-state index in [0.717, 1.165) is 0 Å². The van der Waals surface area contributed by atoms with E-state index in [-0.39, 0.29) is 6.61 Å². The van der Waals surface area contributed by atoms with Crippen LogP contribution in [0.1, 0.15) is 10.4 Å². The number of benzene rings is 1. The molecule has 0 aliphatic heterocycles. The average molecular weight is 261 g/mol. The zero-order chi connectivity index (χ0) is 13.7. The van der Waals surface area contributed by atoms with Crippen LogP contribution in [0.2, 0.25) is 0 Å². The number of ether oxygens (including phenoxy) is 2. The maximum Gasteiger partial charge on any atom is 0.338 e. The Balaban J connectivity index is 1.92. The normalized spacial score (nSPS) is 10.2. The first-order valence-corrected chi connectivity index (χ1v) is 5.79. The Kier molecular flexibility index (Phi) is 4.02. The summed E-state index contributed by atoms with van der Waals surface area (Å²) in [6.07, 6.45) is 3.48. The van der Waals surface area contributed by atoms with Crippen LogP contribution in [0.25, 0.3) is 0 Å². The predicted molar refractivity (Wildman–Crippen MR) is 69.9 cm³/mol. The molecule has 6 nitrogen and oxygen atoms in total. The van der Waals surface area contributed by atoms with Gasteiger partial charge in [-0.15, -0.1) is 0 Å². The molecule has 1 aromatic heterocycles. The molecule has 2 aromatic rings. The van der Waals surface area contributed by atoms with Gasteiger partial charge in [-0.25, -0.2) is 4.79 Å². The van der Waals surface area contributed by atoms with Crippen molar-refractivity contribution in [3.05, 3.63) is 42.2 Å².